The third-order valence-corrected chi connectivity index (χ3v) is 3.96. The Morgan fingerprint density at radius 3 is 2.65 bits per heavy atom. The van der Waals surface area contributed by atoms with Crippen molar-refractivity contribution in [1.82, 2.24) is 4.98 Å². The van der Waals surface area contributed by atoms with Crippen molar-refractivity contribution in [3.8, 4) is 0 Å². The van der Waals surface area contributed by atoms with Crippen molar-refractivity contribution in [3.05, 3.63) is 10.6 Å². The van der Waals surface area contributed by atoms with Crippen molar-refractivity contribution in [2.75, 3.05) is 11.4 Å². The summed E-state index contributed by atoms with van der Waals surface area (Å²) < 4.78 is 0. The molecule has 1 fully saturated rings. The van der Waals surface area contributed by atoms with E-state index >= 15 is 0 Å². The summed E-state index contributed by atoms with van der Waals surface area (Å²) in [6, 6.07) is 0.574. The van der Waals surface area contributed by atoms with Crippen molar-refractivity contribution in [3.63, 3.8) is 0 Å². The molecule has 1 N–H and O–H groups in total. The Morgan fingerprint density at radius 2 is 2.24 bits per heavy atom. The number of rotatable bonds is 5. The molecule has 17 heavy (non-hydrogen) atoms. The lowest BCUT2D eigenvalue weighted by atomic mass is 10.2. The van der Waals surface area contributed by atoms with Gasteiger partial charge in [0.05, 0.1) is 5.69 Å². The van der Waals surface area contributed by atoms with Crippen LogP contribution >= 0.6 is 11.3 Å². The Morgan fingerprint density at radius 1 is 1.59 bits per heavy atom. The van der Waals surface area contributed by atoms with Crippen molar-refractivity contribution in [2.45, 2.75) is 39.7 Å². The maximum absolute atomic E-state index is 11.0. The number of aryl methyl sites for hydroxylation is 1. The number of anilines is 1. The number of hydrogen-bond donors (Lipinski definition) is 1. The highest BCUT2D eigenvalue weighted by Gasteiger charge is 2.32. The average Bonchev–Trinajstić information content (AvgIpc) is 2.97. The zero-order valence-corrected chi connectivity index (χ0v) is 11.3. The summed E-state index contributed by atoms with van der Waals surface area (Å²) >= 11 is 1.30. The van der Waals surface area contributed by atoms with Crippen LogP contribution in [-0.2, 0) is 0 Å². The van der Waals surface area contributed by atoms with Gasteiger partial charge in [0.1, 0.15) is 4.88 Å². The average molecular weight is 254 g/mol. The predicted octanol–water partition coefficient (Wildman–Crippen LogP) is 2.77. The van der Waals surface area contributed by atoms with Crippen LogP contribution in [0.3, 0.4) is 0 Å². The van der Waals surface area contributed by atoms with E-state index in [1.165, 1.54) is 24.2 Å². The Balaban J connectivity index is 2.23. The molecule has 94 valence electrons. The van der Waals surface area contributed by atoms with Crippen LogP contribution in [0.4, 0.5) is 5.13 Å². The Labute approximate surface area is 105 Å². The maximum Gasteiger partial charge on any atom is 0.347 e. The van der Waals surface area contributed by atoms with E-state index in [1.807, 2.05) is 0 Å². The van der Waals surface area contributed by atoms with Gasteiger partial charge in [-0.1, -0.05) is 25.2 Å². The van der Waals surface area contributed by atoms with Crippen LogP contribution in [0, 0.1) is 12.8 Å². The number of carboxylic acid groups (broad SMARTS) is 1. The summed E-state index contributed by atoms with van der Waals surface area (Å²) in [5.74, 6) is -0.306. The first-order valence-electron chi connectivity index (χ1n) is 5.96. The molecule has 4 nitrogen and oxygen atoms in total. The van der Waals surface area contributed by atoms with E-state index < -0.39 is 5.97 Å². The van der Waals surface area contributed by atoms with E-state index in [1.54, 1.807) is 6.92 Å². The lowest BCUT2D eigenvalue weighted by Gasteiger charge is -2.23. The minimum absolute atomic E-state index is 0.370. The molecule has 1 saturated carbocycles. The monoisotopic (exact) mass is 254 g/mol. The summed E-state index contributed by atoms with van der Waals surface area (Å²) in [5.41, 5.74) is 0.631. The fourth-order valence-corrected chi connectivity index (χ4v) is 2.85. The highest BCUT2D eigenvalue weighted by Crippen LogP contribution is 2.35. The van der Waals surface area contributed by atoms with Crippen LogP contribution in [0.1, 0.15) is 42.1 Å². The number of nitrogens with zero attached hydrogens (tertiary/aromatic N) is 2. The van der Waals surface area contributed by atoms with Gasteiger partial charge in [0, 0.05) is 12.6 Å². The number of thiazole rings is 1. The number of hydrogen-bond acceptors (Lipinski definition) is 4. The number of aromatic carboxylic acids is 1. The quantitative estimate of drug-likeness (QED) is 0.878. The lowest BCUT2D eigenvalue weighted by molar-refractivity contribution is 0.0701. The molecule has 0 spiro atoms. The molecule has 5 heteroatoms. The van der Waals surface area contributed by atoms with E-state index in [0.717, 1.165) is 11.7 Å². The smallest absolute Gasteiger partial charge is 0.347 e. The fraction of sp³-hybridized carbons (Fsp3) is 0.667. The van der Waals surface area contributed by atoms with Crippen LogP contribution < -0.4 is 4.90 Å². The van der Waals surface area contributed by atoms with Gasteiger partial charge in [-0.3, -0.25) is 0 Å². The van der Waals surface area contributed by atoms with Crippen molar-refractivity contribution < 1.29 is 9.90 Å². The first-order chi connectivity index (χ1) is 7.99. The highest BCUT2D eigenvalue weighted by molar-refractivity contribution is 7.17. The SMILES string of the molecule is Cc1nc(N(CC(C)C)C2CC2)sc1C(=O)O. The van der Waals surface area contributed by atoms with Gasteiger partial charge in [-0.15, -0.1) is 0 Å². The van der Waals surface area contributed by atoms with Gasteiger partial charge in [0.2, 0.25) is 0 Å². The normalized spacial score (nSPS) is 15.3. The van der Waals surface area contributed by atoms with E-state index in [4.69, 9.17) is 5.11 Å². The number of carbonyl (C=O) groups is 1. The molecule has 0 atom stereocenters. The molecule has 2 rings (SSSR count). The van der Waals surface area contributed by atoms with Gasteiger partial charge in [0.15, 0.2) is 5.13 Å². The van der Waals surface area contributed by atoms with Crippen LogP contribution in [-0.4, -0.2) is 28.6 Å². The predicted molar refractivity (Wildman–Crippen MR) is 69.0 cm³/mol. The molecule has 1 aliphatic carbocycles. The van der Waals surface area contributed by atoms with Gasteiger partial charge >= 0.3 is 5.97 Å². The molecular weight excluding hydrogens is 236 g/mol. The summed E-state index contributed by atoms with van der Waals surface area (Å²) in [7, 11) is 0. The molecule has 0 radical (unpaired) electrons. The second-order valence-electron chi connectivity index (χ2n) is 4.99. The summed E-state index contributed by atoms with van der Waals surface area (Å²) in [4.78, 5) is 18.1. The molecule has 0 amide bonds. The molecule has 1 aliphatic rings. The van der Waals surface area contributed by atoms with E-state index in [2.05, 4.69) is 23.7 Å². The minimum Gasteiger partial charge on any atom is -0.477 e. The second-order valence-corrected chi connectivity index (χ2v) is 5.97. The molecule has 0 aromatic carbocycles. The van der Waals surface area contributed by atoms with Crippen LogP contribution in [0.2, 0.25) is 0 Å². The first kappa shape index (κ1) is 12.4. The van der Waals surface area contributed by atoms with Crippen LogP contribution in [0.5, 0.6) is 0 Å². The second kappa shape index (κ2) is 4.64. The molecule has 0 unspecified atom stereocenters. The molecule has 1 aromatic rings. The van der Waals surface area contributed by atoms with E-state index in [-0.39, 0.29) is 0 Å². The molecule has 1 aromatic heterocycles. The van der Waals surface area contributed by atoms with Crippen LogP contribution in [0.25, 0.3) is 0 Å². The standard InChI is InChI=1S/C12H18N2O2S/c1-7(2)6-14(9-4-5-9)12-13-8(3)10(17-12)11(15)16/h7,9H,4-6H2,1-3H3,(H,15,16). The molecule has 0 aliphatic heterocycles. The zero-order chi connectivity index (χ0) is 12.6. The molecule has 0 saturated heterocycles. The topological polar surface area (TPSA) is 53.4 Å². The number of carboxylic acids is 1. The first-order valence-corrected chi connectivity index (χ1v) is 6.78. The zero-order valence-electron chi connectivity index (χ0n) is 10.4. The third-order valence-electron chi connectivity index (χ3n) is 2.77. The highest BCUT2D eigenvalue weighted by atomic mass is 32.1. The van der Waals surface area contributed by atoms with Crippen molar-refractivity contribution in [1.29, 1.82) is 0 Å². The molecular formula is C12H18N2O2S. The van der Waals surface area contributed by atoms with E-state index in [9.17, 15) is 4.79 Å². The Kier molecular flexibility index (Phi) is 3.38. The van der Waals surface area contributed by atoms with Crippen LogP contribution in [0.15, 0.2) is 0 Å². The third kappa shape index (κ3) is 2.77. The van der Waals surface area contributed by atoms with Gasteiger partial charge in [-0.25, -0.2) is 9.78 Å². The fourth-order valence-electron chi connectivity index (χ4n) is 1.87. The number of aromatic nitrogens is 1. The largest absolute Gasteiger partial charge is 0.477 e. The summed E-state index contributed by atoms with van der Waals surface area (Å²) in [6.07, 6.45) is 2.40. The minimum atomic E-state index is -0.869. The summed E-state index contributed by atoms with van der Waals surface area (Å²) in [6.45, 7) is 7.07. The Bertz CT molecular complexity index is 424. The summed E-state index contributed by atoms with van der Waals surface area (Å²) in [5, 5.41) is 9.92. The maximum atomic E-state index is 11.0. The molecule has 1 heterocycles. The van der Waals surface area contributed by atoms with Gasteiger partial charge in [-0.05, 0) is 25.7 Å². The molecule has 0 bridgehead atoms. The van der Waals surface area contributed by atoms with Crippen molar-refractivity contribution in [2.24, 2.45) is 5.92 Å². The van der Waals surface area contributed by atoms with Gasteiger partial charge in [-0.2, -0.15) is 0 Å². The van der Waals surface area contributed by atoms with Gasteiger partial charge < -0.3 is 10.0 Å². The lowest BCUT2D eigenvalue weighted by Crippen LogP contribution is -2.29. The van der Waals surface area contributed by atoms with Crippen molar-refractivity contribution >= 4 is 22.4 Å². The van der Waals surface area contributed by atoms with Gasteiger partial charge in [0.25, 0.3) is 0 Å². The Hall–Kier alpha value is -1.10. The van der Waals surface area contributed by atoms with E-state index in [0.29, 0.717) is 22.5 Å².